The standard InChI is InChI=1S/C21H25BrN4O2S/c1-14-12-15(22)13-18(19(14)28-3)20(27)24-21(29)23-16-4-6-17(7-5-16)26-10-8-25(2)9-11-26/h4-7,12-13H,8-11H2,1-3H3,(H2,23,24,27,29). The highest BCUT2D eigenvalue weighted by atomic mass is 79.9. The summed E-state index contributed by atoms with van der Waals surface area (Å²) in [5.74, 6) is 0.211. The second-order valence-corrected chi connectivity index (χ2v) is 8.37. The van der Waals surface area contributed by atoms with Crippen LogP contribution in [0.3, 0.4) is 0 Å². The Morgan fingerprint density at radius 3 is 2.41 bits per heavy atom. The molecule has 0 atom stereocenters. The van der Waals surface area contributed by atoms with Crippen molar-refractivity contribution in [3.8, 4) is 5.75 Å². The van der Waals surface area contributed by atoms with Crippen LogP contribution in [-0.2, 0) is 0 Å². The zero-order valence-corrected chi connectivity index (χ0v) is 19.2. The Balaban J connectivity index is 1.62. The maximum absolute atomic E-state index is 12.7. The lowest BCUT2D eigenvalue weighted by atomic mass is 10.1. The van der Waals surface area contributed by atoms with E-state index in [1.54, 1.807) is 13.2 Å². The Kier molecular flexibility index (Phi) is 7.10. The number of piperazine rings is 1. The van der Waals surface area contributed by atoms with Crippen molar-refractivity contribution in [2.75, 3.05) is 50.6 Å². The summed E-state index contributed by atoms with van der Waals surface area (Å²) >= 11 is 8.73. The largest absolute Gasteiger partial charge is 0.496 e. The lowest BCUT2D eigenvalue weighted by Crippen LogP contribution is -2.44. The summed E-state index contributed by atoms with van der Waals surface area (Å²) in [6, 6.07) is 11.7. The molecule has 1 saturated heterocycles. The molecule has 2 aromatic carbocycles. The summed E-state index contributed by atoms with van der Waals surface area (Å²) in [4.78, 5) is 17.4. The molecule has 1 aliphatic rings. The van der Waals surface area contributed by atoms with Gasteiger partial charge < -0.3 is 19.9 Å². The van der Waals surface area contributed by atoms with Gasteiger partial charge in [-0.1, -0.05) is 15.9 Å². The van der Waals surface area contributed by atoms with Crippen LogP contribution in [-0.4, -0.2) is 56.3 Å². The van der Waals surface area contributed by atoms with Crippen molar-refractivity contribution in [3.63, 3.8) is 0 Å². The summed E-state index contributed by atoms with van der Waals surface area (Å²) in [5.41, 5.74) is 3.30. The van der Waals surface area contributed by atoms with Crippen molar-refractivity contribution in [1.29, 1.82) is 0 Å². The molecule has 29 heavy (non-hydrogen) atoms. The Bertz CT molecular complexity index is 896. The minimum absolute atomic E-state index is 0.238. The Morgan fingerprint density at radius 1 is 1.14 bits per heavy atom. The van der Waals surface area contributed by atoms with Crippen molar-refractivity contribution in [3.05, 3.63) is 52.0 Å². The molecule has 2 N–H and O–H groups in total. The van der Waals surface area contributed by atoms with Crippen LogP contribution in [0.1, 0.15) is 15.9 Å². The predicted molar refractivity (Wildman–Crippen MR) is 125 cm³/mol. The first-order valence-corrected chi connectivity index (χ1v) is 10.6. The number of hydrogen-bond donors (Lipinski definition) is 2. The third kappa shape index (κ3) is 5.46. The third-order valence-electron chi connectivity index (χ3n) is 4.91. The number of halogens is 1. The molecule has 0 bridgehead atoms. The Morgan fingerprint density at radius 2 is 1.79 bits per heavy atom. The first kappa shape index (κ1) is 21.5. The first-order chi connectivity index (χ1) is 13.9. The number of carbonyl (C=O) groups is 1. The van der Waals surface area contributed by atoms with Crippen molar-refractivity contribution < 1.29 is 9.53 Å². The van der Waals surface area contributed by atoms with E-state index in [0.29, 0.717) is 11.3 Å². The minimum Gasteiger partial charge on any atom is -0.496 e. The maximum atomic E-state index is 12.7. The Hall–Kier alpha value is -2.16. The monoisotopic (exact) mass is 476 g/mol. The van der Waals surface area contributed by atoms with Crippen LogP contribution in [0.2, 0.25) is 0 Å². The van der Waals surface area contributed by atoms with Gasteiger partial charge in [0, 0.05) is 42.0 Å². The number of ether oxygens (including phenoxy) is 1. The number of hydrogen-bond acceptors (Lipinski definition) is 5. The topological polar surface area (TPSA) is 56.8 Å². The third-order valence-corrected chi connectivity index (χ3v) is 5.57. The van der Waals surface area contributed by atoms with Gasteiger partial charge in [0.2, 0.25) is 0 Å². The molecular weight excluding hydrogens is 452 g/mol. The van der Waals surface area contributed by atoms with Crippen molar-refractivity contribution >= 4 is 50.5 Å². The summed E-state index contributed by atoms with van der Waals surface area (Å²) in [5, 5.41) is 6.03. The fourth-order valence-electron chi connectivity index (χ4n) is 3.32. The van der Waals surface area contributed by atoms with E-state index in [4.69, 9.17) is 17.0 Å². The molecule has 1 amide bonds. The van der Waals surface area contributed by atoms with Gasteiger partial charge in [0.15, 0.2) is 5.11 Å². The van der Waals surface area contributed by atoms with Gasteiger partial charge in [0.1, 0.15) is 5.75 Å². The fourth-order valence-corrected chi connectivity index (χ4v) is 4.11. The van der Waals surface area contributed by atoms with Gasteiger partial charge in [-0.25, -0.2) is 0 Å². The lowest BCUT2D eigenvalue weighted by Gasteiger charge is -2.34. The first-order valence-electron chi connectivity index (χ1n) is 9.37. The normalized spacial score (nSPS) is 14.4. The van der Waals surface area contributed by atoms with Crippen LogP contribution in [0.15, 0.2) is 40.9 Å². The molecule has 0 saturated carbocycles. The average molecular weight is 477 g/mol. The molecule has 0 aliphatic carbocycles. The van der Waals surface area contributed by atoms with E-state index in [1.807, 2.05) is 25.1 Å². The Labute approximate surface area is 185 Å². The van der Waals surface area contributed by atoms with Crippen molar-refractivity contribution in [1.82, 2.24) is 10.2 Å². The van der Waals surface area contributed by atoms with Gasteiger partial charge in [0.05, 0.1) is 12.7 Å². The van der Waals surface area contributed by atoms with E-state index in [1.165, 1.54) is 5.69 Å². The number of benzene rings is 2. The molecule has 3 rings (SSSR count). The van der Waals surface area contributed by atoms with Gasteiger partial charge >= 0.3 is 0 Å². The van der Waals surface area contributed by atoms with E-state index in [9.17, 15) is 4.79 Å². The van der Waals surface area contributed by atoms with Crippen LogP contribution in [0.25, 0.3) is 0 Å². The van der Waals surface area contributed by atoms with Gasteiger partial charge in [-0.2, -0.15) is 0 Å². The quantitative estimate of drug-likeness (QED) is 0.656. The van der Waals surface area contributed by atoms with Crippen molar-refractivity contribution in [2.45, 2.75) is 6.92 Å². The highest BCUT2D eigenvalue weighted by Gasteiger charge is 2.17. The van der Waals surface area contributed by atoms with Crippen LogP contribution in [0, 0.1) is 6.92 Å². The number of amides is 1. The van der Waals surface area contributed by atoms with Crippen molar-refractivity contribution in [2.24, 2.45) is 0 Å². The molecule has 1 aliphatic heterocycles. The SMILES string of the molecule is COc1c(C)cc(Br)cc1C(=O)NC(=S)Nc1ccc(N2CCN(C)CC2)cc1. The van der Waals surface area contributed by atoms with Crippen LogP contribution < -0.4 is 20.3 Å². The number of nitrogens with zero attached hydrogens (tertiary/aromatic N) is 2. The number of anilines is 2. The smallest absolute Gasteiger partial charge is 0.261 e. The summed E-state index contributed by atoms with van der Waals surface area (Å²) in [6.07, 6.45) is 0. The molecule has 1 fully saturated rings. The molecule has 2 aromatic rings. The fraction of sp³-hybridized carbons (Fsp3) is 0.333. The molecule has 154 valence electrons. The molecule has 6 nitrogen and oxygen atoms in total. The summed E-state index contributed by atoms with van der Waals surface area (Å²) in [6.45, 7) is 6.06. The number of carbonyl (C=O) groups excluding carboxylic acids is 1. The molecular formula is C21H25BrN4O2S. The number of nitrogens with one attached hydrogen (secondary N) is 2. The van der Waals surface area contributed by atoms with Gasteiger partial charge in [0.25, 0.3) is 5.91 Å². The van der Waals surface area contributed by atoms with Crippen LogP contribution in [0.4, 0.5) is 11.4 Å². The van der Waals surface area contributed by atoms with Crippen LogP contribution in [0.5, 0.6) is 5.75 Å². The summed E-state index contributed by atoms with van der Waals surface area (Å²) < 4.78 is 6.18. The molecule has 0 spiro atoms. The van der Waals surface area contributed by atoms with E-state index in [0.717, 1.165) is 41.9 Å². The van der Waals surface area contributed by atoms with E-state index >= 15 is 0 Å². The summed E-state index contributed by atoms with van der Waals surface area (Å²) in [7, 11) is 3.69. The zero-order chi connectivity index (χ0) is 21.0. The second-order valence-electron chi connectivity index (χ2n) is 7.05. The minimum atomic E-state index is -0.321. The van der Waals surface area contributed by atoms with E-state index in [-0.39, 0.29) is 11.0 Å². The molecule has 1 heterocycles. The number of likely N-dealkylation sites (N-methyl/N-ethyl adjacent to an activating group) is 1. The van der Waals surface area contributed by atoms with E-state index < -0.39 is 0 Å². The van der Waals surface area contributed by atoms with Gasteiger partial charge in [-0.15, -0.1) is 0 Å². The number of methoxy groups -OCH3 is 1. The van der Waals surface area contributed by atoms with Crippen LogP contribution >= 0.6 is 28.1 Å². The highest BCUT2D eigenvalue weighted by molar-refractivity contribution is 9.10. The van der Waals surface area contributed by atoms with E-state index in [2.05, 4.69) is 55.5 Å². The number of thiocarbonyl (C=S) groups is 1. The second kappa shape index (κ2) is 9.56. The lowest BCUT2D eigenvalue weighted by molar-refractivity contribution is 0.0974. The number of rotatable bonds is 4. The molecule has 0 unspecified atom stereocenters. The zero-order valence-electron chi connectivity index (χ0n) is 16.8. The average Bonchev–Trinajstić information content (AvgIpc) is 2.68. The molecule has 8 heteroatoms. The predicted octanol–water partition coefficient (Wildman–Crippen LogP) is 3.64. The number of aryl methyl sites for hydroxylation is 1. The van der Waals surface area contributed by atoms with Gasteiger partial charge in [-0.3, -0.25) is 10.1 Å². The maximum Gasteiger partial charge on any atom is 0.261 e. The highest BCUT2D eigenvalue weighted by Crippen LogP contribution is 2.27. The molecule has 0 radical (unpaired) electrons. The molecule has 0 aromatic heterocycles. The van der Waals surface area contributed by atoms with Gasteiger partial charge in [-0.05, 0) is 68.2 Å².